The fraction of sp³-hybridized carbons (Fsp3) is 0.150. The molecule has 3 aromatic rings. The third kappa shape index (κ3) is 4.21. The molecule has 1 heterocycles. The van der Waals surface area contributed by atoms with E-state index in [0.717, 1.165) is 28.1 Å². The molecule has 2 aromatic carbocycles. The van der Waals surface area contributed by atoms with Gasteiger partial charge in [0.2, 0.25) is 0 Å². The van der Waals surface area contributed by atoms with Crippen LogP contribution in [0.4, 0.5) is 17.2 Å². The van der Waals surface area contributed by atoms with Gasteiger partial charge < -0.3 is 5.32 Å². The predicted molar refractivity (Wildman–Crippen MR) is 105 cm³/mol. The summed E-state index contributed by atoms with van der Waals surface area (Å²) in [5, 5.41) is 3.30. The molecule has 0 fully saturated rings. The van der Waals surface area contributed by atoms with Crippen molar-refractivity contribution in [3.63, 3.8) is 0 Å². The lowest BCUT2D eigenvalue weighted by Crippen LogP contribution is -2.13. The highest BCUT2D eigenvalue weighted by Gasteiger charge is 2.14. The van der Waals surface area contributed by atoms with E-state index in [4.69, 9.17) is 0 Å². The number of anilines is 3. The molecule has 0 amide bonds. The van der Waals surface area contributed by atoms with Crippen LogP contribution < -0.4 is 10.0 Å². The molecule has 0 radical (unpaired) electrons. The number of hydrogen-bond donors (Lipinski definition) is 2. The molecular weight excluding hydrogens is 346 g/mol. The van der Waals surface area contributed by atoms with Crippen molar-refractivity contribution in [1.82, 2.24) is 4.98 Å². The van der Waals surface area contributed by atoms with Crippen LogP contribution in [-0.2, 0) is 10.0 Å². The number of aryl methyl sites for hydroxylation is 3. The molecule has 2 N–H and O–H groups in total. The van der Waals surface area contributed by atoms with Crippen LogP contribution in [-0.4, -0.2) is 13.4 Å². The molecule has 0 saturated heterocycles. The second kappa shape index (κ2) is 7.17. The highest BCUT2D eigenvalue weighted by atomic mass is 32.2. The number of nitrogens with zero attached hydrogens (tertiary/aromatic N) is 1. The van der Waals surface area contributed by atoms with Crippen LogP contribution in [0.1, 0.15) is 16.7 Å². The van der Waals surface area contributed by atoms with Gasteiger partial charge in [0.25, 0.3) is 10.0 Å². The van der Waals surface area contributed by atoms with Gasteiger partial charge in [-0.1, -0.05) is 29.8 Å². The minimum atomic E-state index is -3.65. The van der Waals surface area contributed by atoms with Crippen LogP contribution in [0.15, 0.2) is 65.7 Å². The molecule has 0 bridgehead atoms. The summed E-state index contributed by atoms with van der Waals surface area (Å²) >= 11 is 0. The second-order valence-electron chi connectivity index (χ2n) is 6.29. The summed E-state index contributed by atoms with van der Waals surface area (Å²) in [5.74, 6) is 0.275. The molecule has 0 aliphatic carbocycles. The maximum Gasteiger partial charge on any atom is 0.263 e. The summed E-state index contributed by atoms with van der Waals surface area (Å²) in [6, 6.07) is 16.3. The van der Waals surface area contributed by atoms with E-state index in [1.54, 1.807) is 42.6 Å². The standard InChI is InChI=1S/C20H21N3O2S/c1-14-5-9-18(10-6-14)26(24,25)23-20-11-8-17(13-21-20)22-19-12-15(2)4-7-16(19)3/h4-13,22H,1-3H3,(H,21,23). The van der Waals surface area contributed by atoms with Gasteiger partial charge in [0.05, 0.1) is 16.8 Å². The van der Waals surface area contributed by atoms with E-state index in [1.807, 2.05) is 20.8 Å². The molecule has 0 spiro atoms. The number of hydrogen-bond acceptors (Lipinski definition) is 4. The number of benzene rings is 2. The zero-order valence-electron chi connectivity index (χ0n) is 14.9. The molecule has 26 heavy (non-hydrogen) atoms. The number of nitrogens with one attached hydrogen (secondary N) is 2. The average Bonchev–Trinajstić information content (AvgIpc) is 2.60. The van der Waals surface area contributed by atoms with Gasteiger partial charge in [-0.2, -0.15) is 0 Å². The van der Waals surface area contributed by atoms with Crippen molar-refractivity contribution < 1.29 is 8.42 Å². The summed E-state index contributed by atoms with van der Waals surface area (Å²) in [5.41, 5.74) is 5.08. The third-order valence-electron chi connectivity index (χ3n) is 4.01. The Morgan fingerprint density at radius 1 is 0.846 bits per heavy atom. The molecule has 1 aromatic heterocycles. The van der Waals surface area contributed by atoms with Gasteiger partial charge in [-0.25, -0.2) is 13.4 Å². The molecule has 3 rings (SSSR count). The average molecular weight is 367 g/mol. The Kier molecular flexibility index (Phi) is 4.95. The first-order valence-corrected chi connectivity index (χ1v) is 9.72. The van der Waals surface area contributed by atoms with Crippen molar-refractivity contribution in [3.05, 3.63) is 77.5 Å². The minimum Gasteiger partial charge on any atom is -0.354 e. The van der Waals surface area contributed by atoms with Gasteiger partial charge in [-0.15, -0.1) is 0 Å². The Hall–Kier alpha value is -2.86. The fourth-order valence-corrected chi connectivity index (χ4v) is 3.48. The topological polar surface area (TPSA) is 71.1 Å². The van der Waals surface area contributed by atoms with Crippen LogP contribution in [0.5, 0.6) is 0 Å². The lowest BCUT2D eigenvalue weighted by Gasteiger charge is -2.11. The van der Waals surface area contributed by atoms with Crippen molar-refractivity contribution in [2.75, 3.05) is 10.0 Å². The second-order valence-corrected chi connectivity index (χ2v) is 7.98. The first-order valence-electron chi connectivity index (χ1n) is 8.23. The minimum absolute atomic E-state index is 0.211. The largest absolute Gasteiger partial charge is 0.354 e. The zero-order valence-corrected chi connectivity index (χ0v) is 15.8. The summed E-state index contributed by atoms with van der Waals surface area (Å²) in [6.07, 6.45) is 1.61. The first-order chi connectivity index (χ1) is 12.3. The Morgan fingerprint density at radius 3 is 2.19 bits per heavy atom. The van der Waals surface area contributed by atoms with Crippen molar-refractivity contribution in [2.24, 2.45) is 0 Å². The molecule has 6 heteroatoms. The van der Waals surface area contributed by atoms with E-state index in [0.29, 0.717) is 0 Å². The van der Waals surface area contributed by atoms with Gasteiger partial charge in [0.15, 0.2) is 0 Å². The number of aromatic nitrogens is 1. The van der Waals surface area contributed by atoms with E-state index in [1.165, 1.54) is 0 Å². The van der Waals surface area contributed by atoms with Crippen LogP contribution in [0.25, 0.3) is 0 Å². The normalized spacial score (nSPS) is 11.2. The van der Waals surface area contributed by atoms with E-state index in [9.17, 15) is 8.42 Å². The fourth-order valence-electron chi connectivity index (χ4n) is 2.47. The summed E-state index contributed by atoms with van der Waals surface area (Å²) in [6.45, 7) is 5.97. The SMILES string of the molecule is Cc1ccc(S(=O)(=O)Nc2ccc(Nc3cc(C)ccc3C)cn2)cc1. The van der Waals surface area contributed by atoms with Crippen molar-refractivity contribution >= 4 is 27.2 Å². The Balaban J connectivity index is 1.75. The zero-order chi connectivity index (χ0) is 18.7. The monoisotopic (exact) mass is 367 g/mol. The lowest BCUT2D eigenvalue weighted by molar-refractivity contribution is 0.601. The summed E-state index contributed by atoms with van der Waals surface area (Å²) in [4.78, 5) is 4.41. The van der Waals surface area contributed by atoms with Gasteiger partial charge in [0.1, 0.15) is 5.82 Å². The number of rotatable bonds is 5. The van der Waals surface area contributed by atoms with Crippen LogP contribution >= 0.6 is 0 Å². The molecular formula is C20H21N3O2S. The molecule has 134 valence electrons. The predicted octanol–water partition coefficient (Wildman–Crippen LogP) is 4.55. The van der Waals surface area contributed by atoms with E-state index < -0.39 is 10.0 Å². The van der Waals surface area contributed by atoms with Crippen molar-refractivity contribution in [2.45, 2.75) is 25.7 Å². The number of pyridine rings is 1. The Bertz CT molecular complexity index is 1010. The van der Waals surface area contributed by atoms with E-state index in [2.05, 4.69) is 33.2 Å². The van der Waals surface area contributed by atoms with Gasteiger partial charge in [0, 0.05) is 5.69 Å². The Labute approximate surface area is 154 Å². The van der Waals surface area contributed by atoms with Crippen molar-refractivity contribution in [1.29, 1.82) is 0 Å². The summed E-state index contributed by atoms with van der Waals surface area (Å²) < 4.78 is 27.3. The third-order valence-corrected chi connectivity index (χ3v) is 5.38. The maximum atomic E-state index is 12.4. The van der Waals surface area contributed by atoms with Crippen LogP contribution in [0, 0.1) is 20.8 Å². The van der Waals surface area contributed by atoms with Gasteiger partial charge >= 0.3 is 0 Å². The molecule has 0 saturated carbocycles. The Morgan fingerprint density at radius 2 is 1.54 bits per heavy atom. The molecule has 0 atom stereocenters. The molecule has 5 nitrogen and oxygen atoms in total. The van der Waals surface area contributed by atoms with Gasteiger partial charge in [-0.05, 0) is 62.2 Å². The van der Waals surface area contributed by atoms with E-state index in [-0.39, 0.29) is 10.7 Å². The molecule has 0 aliphatic heterocycles. The van der Waals surface area contributed by atoms with Crippen LogP contribution in [0.2, 0.25) is 0 Å². The lowest BCUT2D eigenvalue weighted by atomic mass is 10.1. The highest BCUT2D eigenvalue weighted by molar-refractivity contribution is 7.92. The summed E-state index contributed by atoms with van der Waals surface area (Å²) in [7, 11) is -3.65. The van der Waals surface area contributed by atoms with Crippen LogP contribution in [0.3, 0.4) is 0 Å². The highest BCUT2D eigenvalue weighted by Crippen LogP contribution is 2.22. The number of sulfonamides is 1. The molecule has 0 aliphatic rings. The first kappa shape index (κ1) is 17.9. The maximum absolute atomic E-state index is 12.4. The quantitative estimate of drug-likeness (QED) is 0.694. The molecule has 0 unspecified atom stereocenters. The van der Waals surface area contributed by atoms with Gasteiger partial charge in [-0.3, -0.25) is 4.72 Å². The van der Waals surface area contributed by atoms with E-state index >= 15 is 0 Å². The smallest absolute Gasteiger partial charge is 0.263 e. The van der Waals surface area contributed by atoms with Crippen molar-refractivity contribution in [3.8, 4) is 0 Å².